The summed E-state index contributed by atoms with van der Waals surface area (Å²) in [5.41, 5.74) is 5.90. The summed E-state index contributed by atoms with van der Waals surface area (Å²) >= 11 is 1.91. The quantitative estimate of drug-likeness (QED) is 0.763. The summed E-state index contributed by atoms with van der Waals surface area (Å²) in [6, 6.07) is -0.303. The van der Waals surface area contributed by atoms with Crippen molar-refractivity contribution in [3.05, 3.63) is 0 Å². The van der Waals surface area contributed by atoms with E-state index in [1.807, 2.05) is 23.6 Å². The summed E-state index contributed by atoms with van der Waals surface area (Å²) in [7, 11) is 0. The summed E-state index contributed by atoms with van der Waals surface area (Å²) < 4.78 is 0. The van der Waals surface area contributed by atoms with E-state index in [0.29, 0.717) is 0 Å². The number of hydrogen-bond acceptors (Lipinski definition) is 3. The average Bonchev–Trinajstić information content (AvgIpc) is 2.27. The zero-order valence-corrected chi connectivity index (χ0v) is 9.85. The van der Waals surface area contributed by atoms with E-state index in [0.717, 1.165) is 31.0 Å². The second-order valence-corrected chi connectivity index (χ2v) is 5.07. The van der Waals surface area contributed by atoms with E-state index in [2.05, 4.69) is 6.92 Å². The minimum atomic E-state index is -0.303. The minimum absolute atomic E-state index is 0.139. The van der Waals surface area contributed by atoms with Crippen LogP contribution in [0.25, 0.3) is 0 Å². The molecule has 1 heterocycles. The second-order valence-electron chi connectivity index (χ2n) is 3.85. The first-order chi connectivity index (χ1) is 6.66. The van der Waals surface area contributed by atoms with Gasteiger partial charge in [0.2, 0.25) is 5.91 Å². The molecule has 0 aromatic rings. The molecule has 0 bridgehead atoms. The highest BCUT2D eigenvalue weighted by Crippen LogP contribution is 2.13. The first-order valence-electron chi connectivity index (χ1n) is 5.29. The Morgan fingerprint density at radius 1 is 1.50 bits per heavy atom. The van der Waals surface area contributed by atoms with Crippen LogP contribution >= 0.6 is 11.8 Å². The smallest absolute Gasteiger partial charge is 0.239 e. The first-order valence-corrected chi connectivity index (χ1v) is 6.44. The van der Waals surface area contributed by atoms with Crippen molar-refractivity contribution in [3.63, 3.8) is 0 Å². The third kappa shape index (κ3) is 2.89. The molecule has 0 aliphatic carbocycles. The lowest BCUT2D eigenvalue weighted by Crippen LogP contribution is -2.49. The van der Waals surface area contributed by atoms with Gasteiger partial charge in [-0.15, -0.1) is 0 Å². The molecule has 1 saturated heterocycles. The molecule has 4 heteroatoms. The van der Waals surface area contributed by atoms with Gasteiger partial charge in [-0.25, -0.2) is 0 Å². The molecule has 0 saturated carbocycles. The Labute approximate surface area is 90.4 Å². The first kappa shape index (κ1) is 11.9. The van der Waals surface area contributed by atoms with Crippen molar-refractivity contribution >= 4 is 17.7 Å². The predicted octanol–water partition coefficient (Wildman–Crippen LogP) is 0.935. The van der Waals surface area contributed by atoms with Crippen LogP contribution in [-0.4, -0.2) is 41.4 Å². The molecule has 1 amide bonds. The van der Waals surface area contributed by atoms with Gasteiger partial charge >= 0.3 is 0 Å². The molecule has 1 unspecified atom stereocenters. The molecule has 0 radical (unpaired) electrons. The largest absolute Gasteiger partial charge is 0.340 e. The fourth-order valence-corrected chi connectivity index (χ4v) is 2.39. The van der Waals surface area contributed by atoms with Crippen LogP contribution < -0.4 is 5.73 Å². The van der Waals surface area contributed by atoms with Crippen molar-refractivity contribution in [2.45, 2.75) is 26.3 Å². The van der Waals surface area contributed by atoms with Crippen LogP contribution in [0.1, 0.15) is 20.3 Å². The van der Waals surface area contributed by atoms with Gasteiger partial charge in [-0.1, -0.05) is 20.3 Å². The van der Waals surface area contributed by atoms with Gasteiger partial charge in [0, 0.05) is 24.6 Å². The van der Waals surface area contributed by atoms with E-state index in [-0.39, 0.29) is 17.9 Å². The Morgan fingerprint density at radius 3 is 2.57 bits per heavy atom. The van der Waals surface area contributed by atoms with Crippen molar-refractivity contribution in [1.29, 1.82) is 0 Å². The summed E-state index contributed by atoms with van der Waals surface area (Å²) in [6.45, 7) is 5.85. The molecule has 0 aromatic heterocycles. The Kier molecular flexibility index (Phi) is 4.75. The monoisotopic (exact) mass is 216 g/mol. The third-order valence-corrected chi connectivity index (χ3v) is 3.81. The lowest BCUT2D eigenvalue weighted by molar-refractivity contribution is -0.133. The molecular formula is C10H20N2OS. The van der Waals surface area contributed by atoms with Gasteiger partial charge in [-0.3, -0.25) is 4.79 Å². The maximum Gasteiger partial charge on any atom is 0.239 e. The number of hydrogen-bond donors (Lipinski definition) is 1. The highest BCUT2D eigenvalue weighted by Gasteiger charge is 2.25. The summed E-state index contributed by atoms with van der Waals surface area (Å²) in [5.74, 6) is 2.54. The Bertz CT molecular complexity index is 189. The fraction of sp³-hybridized carbons (Fsp3) is 0.900. The molecular weight excluding hydrogens is 196 g/mol. The van der Waals surface area contributed by atoms with Crippen molar-refractivity contribution < 1.29 is 4.79 Å². The maximum atomic E-state index is 11.9. The average molecular weight is 216 g/mol. The van der Waals surface area contributed by atoms with Crippen molar-refractivity contribution in [2.24, 2.45) is 11.7 Å². The van der Waals surface area contributed by atoms with Crippen LogP contribution in [-0.2, 0) is 4.79 Å². The summed E-state index contributed by atoms with van der Waals surface area (Å²) in [6.07, 6.45) is 0.968. The minimum Gasteiger partial charge on any atom is -0.340 e. The van der Waals surface area contributed by atoms with Crippen LogP contribution in [0.4, 0.5) is 0 Å². The Balaban J connectivity index is 2.46. The van der Waals surface area contributed by atoms with Crippen LogP contribution in [0.2, 0.25) is 0 Å². The summed E-state index contributed by atoms with van der Waals surface area (Å²) in [5, 5.41) is 0. The second kappa shape index (κ2) is 5.61. The van der Waals surface area contributed by atoms with Gasteiger partial charge in [-0.05, 0) is 5.92 Å². The SMILES string of the molecule is CCC(C)[C@H](N)C(=O)N1CCSCC1. The molecule has 0 spiro atoms. The molecule has 1 fully saturated rings. The number of carbonyl (C=O) groups excluding carboxylic acids is 1. The molecule has 1 aliphatic heterocycles. The molecule has 82 valence electrons. The third-order valence-electron chi connectivity index (χ3n) is 2.86. The predicted molar refractivity (Wildman–Crippen MR) is 61.3 cm³/mol. The molecule has 3 nitrogen and oxygen atoms in total. The van der Waals surface area contributed by atoms with Crippen LogP contribution in [0.3, 0.4) is 0 Å². The normalized spacial score (nSPS) is 21.8. The Hall–Kier alpha value is -0.220. The molecule has 0 aromatic carbocycles. The number of amides is 1. The van der Waals surface area contributed by atoms with Crippen molar-refractivity contribution in [1.82, 2.24) is 4.90 Å². The maximum absolute atomic E-state index is 11.9. The van der Waals surface area contributed by atoms with Gasteiger partial charge < -0.3 is 10.6 Å². The standard InChI is InChI=1S/C10H20N2OS/c1-3-8(2)9(11)10(13)12-4-6-14-7-5-12/h8-9H,3-7,11H2,1-2H3/t8?,9-/m0/s1. The molecule has 2 atom stereocenters. The zero-order chi connectivity index (χ0) is 10.6. The number of carbonyl (C=O) groups is 1. The van der Waals surface area contributed by atoms with E-state index in [1.165, 1.54) is 0 Å². The van der Waals surface area contributed by atoms with E-state index in [9.17, 15) is 4.79 Å². The van der Waals surface area contributed by atoms with Gasteiger partial charge in [0.25, 0.3) is 0 Å². The van der Waals surface area contributed by atoms with E-state index in [4.69, 9.17) is 5.73 Å². The highest BCUT2D eigenvalue weighted by molar-refractivity contribution is 7.99. The molecule has 2 N–H and O–H groups in total. The number of nitrogens with two attached hydrogens (primary N) is 1. The summed E-state index contributed by atoms with van der Waals surface area (Å²) in [4.78, 5) is 13.8. The van der Waals surface area contributed by atoms with Crippen LogP contribution in [0.15, 0.2) is 0 Å². The van der Waals surface area contributed by atoms with Gasteiger partial charge in [0.15, 0.2) is 0 Å². The molecule has 1 aliphatic rings. The van der Waals surface area contributed by atoms with Crippen molar-refractivity contribution in [3.8, 4) is 0 Å². The van der Waals surface area contributed by atoms with Gasteiger partial charge in [0.1, 0.15) is 0 Å². The van der Waals surface area contributed by atoms with E-state index >= 15 is 0 Å². The number of thioether (sulfide) groups is 1. The topological polar surface area (TPSA) is 46.3 Å². The lowest BCUT2D eigenvalue weighted by Gasteiger charge is -2.30. The number of nitrogens with zero attached hydrogens (tertiary/aromatic N) is 1. The highest BCUT2D eigenvalue weighted by atomic mass is 32.2. The Morgan fingerprint density at radius 2 is 2.07 bits per heavy atom. The van der Waals surface area contributed by atoms with Gasteiger partial charge in [-0.2, -0.15) is 11.8 Å². The number of rotatable bonds is 3. The van der Waals surface area contributed by atoms with E-state index < -0.39 is 0 Å². The molecule has 14 heavy (non-hydrogen) atoms. The zero-order valence-electron chi connectivity index (χ0n) is 9.03. The van der Waals surface area contributed by atoms with Gasteiger partial charge in [0.05, 0.1) is 6.04 Å². The lowest BCUT2D eigenvalue weighted by atomic mass is 9.99. The van der Waals surface area contributed by atoms with Crippen LogP contribution in [0, 0.1) is 5.92 Å². The van der Waals surface area contributed by atoms with E-state index in [1.54, 1.807) is 0 Å². The van der Waals surface area contributed by atoms with Crippen LogP contribution in [0.5, 0.6) is 0 Å². The molecule has 1 rings (SSSR count). The fourth-order valence-electron chi connectivity index (χ4n) is 1.49. The van der Waals surface area contributed by atoms with Crippen molar-refractivity contribution in [2.75, 3.05) is 24.6 Å².